The van der Waals surface area contributed by atoms with Crippen LogP contribution < -0.4 is 0 Å². The molecule has 0 aliphatic heterocycles. The Balaban J connectivity index is 2.65. The van der Waals surface area contributed by atoms with E-state index in [1.54, 1.807) is 0 Å². The standard InChI is InChI=1S/C12H22OSi/c1-12(2,13-14(3,4)5)11-9-7-6-8-10-11/h6-9,11H,10H2,1-5H3. The van der Waals surface area contributed by atoms with Crippen LogP contribution in [0.3, 0.4) is 0 Å². The van der Waals surface area contributed by atoms with Gasteiger partial charge in [-0.15, -0.1) is 0 Å². The van der Waals surface area contributed by atoms with Gasteiger partial charge in [-0.2, -0.15) is 0 Å². The van der Waals surface area contributed by atoms with Crippen molar-refractivity contribution in [2.45, 2.75) is 45.5 Å². The fourth-order valence-corrected chi connectivity index (χ4v) is 3.69. The molecule has 0 aromatic carbocycles. The monoisotopic (exact) mass is 210 g/mol. The number of allylic oxidation sites excluding steroid dienone is 3. The molecule has 1 aliphatic carbocycles. The Morgan fingerprint density at radius 1 is 1.21 bits per heavy atom. The van der Waals surface area contributed by atoms with Crippen molar-refractivity contribution in [2.24, 2.45) is 5.92 Å². The van der Waals surface area contributed by atoms with Gasteiger partial charge in [0.05, 0.1) is 5.60 Å². The molecular weight excluding hydrogens is 188 g/mol. The maximum absolute atomic E-state index is 6.22. The van der Waals surface area contributed by atoms with Crippen LogP contribution in [0, 0.1) is 5.92 Å². The van der Waals surface area contributed by atoms with Crippen LogP contribution in [-0.2, 0) is 4.43 Å². The smallest absolute Gasteiger partial charge is 0.184 e. The summed E-state index contributed by atoms with van der Waals surface area (Å²) in [5, 5.41) is 0. The Morgan fingerprint density at radius 2 is 1.86 bits per heavy atom. The van der Waals surface area contributed by atoms with Crippen LogP contribution in [-0.4, -0.2) is 13.9 Å². The minimum atomic E-state index is -1.43. The summed E-state index contributed by atoms with van der Waals surface area (Å²) in [7, 11) is -1.43. The number of rotatable bonds is 3. The third kappa shape index (κ3) is 3.43. The zero-order valence-corrected chi connectivity index (χ0v) is 11.0. The molecule has 0 fully saturated rings. The van der Waals surface area contributed by atoms with Gasteiger partial charge in [0.1, 0.15) is 0 Å². The predicted octanol–water partition coefficient (Wildman–Crippen LogP) is 3.75. The molecule has 80 valence electrons. The maximum atomic E-state index is 6.22. The second-order valence-corrected chi connectivity index (χ2v) is 9.90. The zero-order valence-electron chi connectivity index (χ0n) is 10.0. The van der Waals surface area contributed by atoms with Gasteiger partial charge in [-0.25, -0.2) is 0 Å². The fourth-order valence-electron chi connectivity index (χ4n) is 1.96. The van der Waals surface area contributed by atoms with Gasteiger partial charge in [0.25, 0.3) is 0 Å². The van der Waals surface area contributed by atoms with E-state index in [4.69, 9.17) is 4.43 Å². The van der Waals surface area contributed by atoms with Crippen molar-refractivity contribution in [3.8, 4) is 0 Å². The second kappa shape index (κ2) is 4.03. The highest BCUT2D eigenvalue weighted by Crippen LogP contribution is 2.30. The molecule has 0 heterocycles. The van der Waals surface area contributed by atoms with Gasteiger partial charge in [-0.05, 0) is 39.9 Å². The maximum Gasteiger partial charge on any atom is 0.184 e. The molecule has 1 nitrogen and oxygen atoms in total. The lowest BCUT2D eigenvalue weighted by Gasteiger charge is -2.38. The molecule has 0 N–H and O–H groups in total. The molecule has 1 unspecified atom stereocenters. The topological polar surface area (TPSA) is 9.23 Å². The Kier molecular flexibility index (Phi) is 3.38. The molecule has 0 aromatic rings. The summed E-state index contributed by atoms with van der Waals surface area (Å²) in [6, 6.07) is 0. The minimum absolute atomic E-state index is 0.0221. The van der Waals surface area contributed by atoms with Crippen LogP contribution in [0.1, 0.15) is 20.3 Å². The molecule has 1 aliphatic rings. The highest BCUT2D eigenvalue weighted by Gasteiger charge is 2.33. The van der Waals surface area contributed by atoms with E-state index in [1.165, 1.54) is 0 Å². The van der Waals surface area contributed by atoms with Gasteiger partial charge >= 0.3 is 0 Å². The van der Waals surface area contributed by atoms with Crippen molar-refractivity contribution in [3.63, 3.8) is 0 Å². The van der Waals surface area contributed by atoms with Crippen molar-refractivity contribution in [1.29, 1.82) is 0 Å². The summed E-state index contributed by atoms with van der Waals surface area (Å²) in [4.78, 5) is 0. The van der Waals surface area contributed by atoms with Crippen LogP contribution in [0.5, 0.6) is 0 Å². The van der Waals surface area contributed by atoms with Gasteiger partial charge in [0.15, 0.2) is 8.32 Å². The third-order valence-electron chi connectivity index (χ3n) is 2.44. The first-order valence-corrected chi connectivity index (χ1v) is 8.76. The largest absolute Gasteiger partial charge is 0.412 e. The molecule has 0 bridgehead atoms. The highest BCUT2D eigenvalue weighted by molar-refractivity contribution is 6.69. The lowest BCUT2D eigenvalue weighted by atomic mass is 9.86. The lowest BCUT2D eigenvalue weighted by molar-refractivity contribution is 0.0572. The average molecular weight is 210 g/mol. The molecule has 0 saturated heterocycles. The summed E-state index contributed by atoms with van der Waals surface area (Å²) in [6.45, 7) is 11.2. The quantitative estimate of drug-likeness (QED) is 0.645. The van der Waals surface area contributed by atoms with Gasteiger partial charge in [0, 0.05) is 5.92 Å². The van der Waals surface area contributed by atoms with E-state index >= 15 is 0 Å². The van der Waals surface area contributed by atoms with E-state index in [-0.39, 0.29) is 5.60 Å². The first-order valence-electron chi connectivity index (χ1n) is 5.35. The van der Waals surface area contributed by atoms with E-state index in [0.717, 1.165) is 6.42 Å². The van der Waals surface area contributed by atoms with Gasteiger partial charge < -0.3 is 4.43 Å². The molecule has 0 amide bonds. The summed E-state index contributed by atoms with van der Waals surface area (Å²) >= 11 is 0. The van der Waals surface area contributed by atoms with Gasteiger partial charge in [-0.3, -0.25) is 0 Å². The number of hydrogen-bond donors (Lipinski definition) is 0. The predicted molar refractivity (Wildman–Crippen MR) is 64.9 cm³/mol. The fraction of sp³-hybridized carbons (Fsp3) is 0.667. The van der Waals surface area contributed by atoms with Crippen LogP contribution in [0.4, 0.5) is 0 Å². The van der Waals surface area contributed by atoms with Crippen molar-refractivity contribution in [2.75, 3.05) is 0 Å². The molecule has 1 atom stereocenters. The van der Waals surface area contributed by atoms with E-state index in [1.807, 2.05) is 0 Å². The van der Waals surface area contributed by atoms with Gasteiger partial charge in [0.2, 0.25) is 0 Å². The van der Waals surface area contributed by atoms with Crippen molar-refractivity contribution in [1.82, 2.24) is 0 Å². The van der Waals surface area contributed by atoms with E-state index < -0.39 is 8.32 Å². The second-order valence-electron chi connectivity index (χ2n) is 5.47. The van der Waals surface area contributed by atoms with E-state index in [2.05, 4.69) is 57.8 Å². The molecule has 14 heavy (non-hydrogen) atoms. The Labute approximate surface area is 89.0 Å². The zero-order chi connectivity index (χ0) is 10.8. The van der Waals surface area contributed by atoms with Crippen LogP contribution in [0.15, 0.2) is 24.3 Å². The highest BCUT2D eigenvalue weighted by atomic mass is 28.4. The summed E-state index contributed by atoms with van der Waals surface area (Å²) in [5.74, 6) is 0.527. The average Bonchev–Trinajstić information content (AvgIpc) is 2.01. The Hall–Kier alpha value is -0.343. The van der Waals surface area contributed by atoms with Gasteiger partial charge in [-0.1, -0.05) is 24.3 Å². The van der Waals surface area contributed by atoms with Crippen LogP contribution in [0.2, 0.25) is 19.6 Å². The Morgan fingerprint density at radius 3 is 2.29 bits per heavy atom. The molecule has 2 heteroatoms. The van der Waals surface area contributed by atoms with E-state index in [0.29, 0.717) is 5.92 Å². The molecule has 0 spiro atoms. The SMILES string of the molecule is CC(C)(O[Si](C)(C)C)C1C=CC=CC1. The number of hydrogen-bond acceptors (Lipinski definition) is 1. The molecule has 1 rings (SSSR count). The summed E-state index contributed by atoms with van der Waals surface area (Å²) < 4.78 is 6.22. The van der Waals surface area contributed by atoms with Crippen LogP contribution >= 0.6 is 0 Å². The Bertz CT molecular complexity index is 246. The van der Waals surface area contributed by atoms with Crippen molar-refractivity contribution < 1.29 is 4.43 Å². The molecular formula is C12H22OSi. The van der Waals surface area contributed by atoms with Crippen molar-refractivity contribution >= 4 is 8.32 Å². The van der Waals surface area contributed by atoms with E-state index in [9.17, 15) is 0 Å². The first-order chi connectivity index (χ1) is 6.31. The van der Waals surface area contributed by atoms with Crippen molar-refractivity contribution in [3.05, 3.63) is 24.3 Å². The first kappa shape index (κ1) is 11.7. The summed E-state index contributed by atoms with van der Waals surface area (Å²) in [6.07, 6.45) is 9.83. The minimum Gasteiger partial charge on any atom is -0.412 e. The third-order valence-corrected chi connectivity index (χ3v) is 3.58. The normalized spacial score (nSPS) is 22.8. The summed E-state index contributed by atoms with van der Waals surface area (Å²) in [5.41, 5.74) is -0.0221. The van der Waals surface area contributed by atoms with Crippen LogP contribution in [0.25, 0.3) is 0 Å². The molecule has 0 aromatic heterocycles. The lowest BCUT2D eigenvalue weighted by Crippen LogP contribution is -2.43. The molecule has 0 saturated carbocycles. The molecule has 0 radical (unpaired) electrons.